The Kier molecular flexibility index (Phi) is 6.07. The molecule has 0 bridgehead atoms. The molecule has 8 nitrogen and oxygen atoms in total. The van der Waals surface area contributed by atoms with Gasteiger partial charge in [0, 0.05) is 23.9 Å². The molecule has 0 atom stereocenters. The van der Waals surface area contributed by atoms with Crippen LogP contribution < -0.4 is 10.1 Å². The number of aromatic nitrogens is 5. The van der Waals surface area contributed by atoms with Crippen LogP contribution in [-0.4, -0.2) is 37.4 Å². The Morgan fingerprint density at radius 3 is 2.41 bits per heavy atom. The van der Waals surface area contributed by atoms with E-state index in [1.54, 1.807) is 42.6 Å². The van der Waals surface area contributed by atoms with Crippen molar-refractivity contribution in [2.75, 3.05) is 12.4 Å². The third-order valence-electron chi connectivity index (χ3n) is 5.48. The smallest absolute Gasteiger partial charge is 0.433 e. The molecule has 3 aromatic heterocycles. The summed E-state index contributed by atoms with van der Waals surface area (Å²) in [5.41, 5.74) is -0.195. The van der Waals surface area contributed by atoms with Gasteiger partial charge in [0.05, 0.1) is 19.3 Å². The minimum atomic E-state index is -4.75. The van der Waals surface area contributed by atoms with E-state index in [-0.39, 0.29) is 28.7 Å². The molecule has 0 fully saturated rings. The van der Waals surface area contributed by atoms with Crippen molar-refractivity contribution in [3.8, 4) is 17.0 Å². The molecule has 0 unspecified atom stereocenters. The summed E-state index contributed by atoms with van der Waals surface area (Å²) in [4.78, 5) is 17.0. The Labute approximate surface area is 207 Å². The summed E-state index contributed by atoms with van der Waals surface area (Å²) >= 11 is 0. The molecule has 0 spiro atoms. The second kappa shape index (κ2) is 9.37. The Bertz CT molecular complexity index is 1570. The van der Waals surface area contributed by atoms with Gasteiger partial charge in [0.25, 0.3) is 5.91 Å². The van der Waals surface area contributed by atoms with Gasteiger partial charge in [-0.3, -0.25) is 9.48 Å². The van der Waals surface area contributed by atoms with Crippen LogP contribution in [0.5, 0.6) is 5.75 Å². The van der Waals surface area contributed by atoms with Crippen molar-refractivity contribution in [1.29, 1.82) is 0 Å². The molecule has 1 amide bonds. The van der Waals surface area contributed by atoms with Gasteiger partial charge in [0.2, 0.25) is 0 Å². The third-order valence-corrected chi connectivity index (χ3v) is 5.48. The van der Waals surface area contributed by atoms with E-state index in [1.807, 2.05) is 0 Å². The number of alkyl halides is 3. The van der Waals surface area contributed by atoms with Crippen LogP contribution in [0.2, 0.25) is 0 Å². The normalized spacial score (nSPS) is 11.6. The summed E-state index contributed by atoms with van der Waals surface area (Å²) in [5.74, 6) is -0.392. The largest absolute Gasteiger partial charge is 0.497 e. The predicted octanol–water partition coefficient (Wildman–Crippen LogP) is 5.06. The maximum absolute atomic E-state index is 13.9. The van der Waals surface area contributed by atoms with E-state index < -0.39 is 17.8 Å². The average Bonchev–Trinajstić information content (AvgIpc) is 3.51. The van der Waals surface area contributed by atoms with Gasteiger partial charge in [-0.15, -0.1) is 0 Å². The quantitative estimate of drug-likeness (QED) is 0.323. The molecule has 0 aliphatic heterocycles. The number of anilines is 1. The van der Waals surface area contributed by atoms with Crippen LogP contribution in [0.3, 0.4) is 0 Å². The fourth-order valence-electron chi connectivity index (χ4n) is 3.67. The number of fused-ring (bicyclic) bond motifs is 1. The summed E-state index contributed by atoms with van der Waals surface area (Å²) in [5, 5.41) is 10.6. The monoisotopic (exact) mass is 510 g/mol. The molecule has 3 heterocycles. The highest BCUT2D eigenvalue weighted by Gasteiger charge is 2.35. The fourth-order valence-corrected chi connectivity index (χ4v) is 3.67. The van der Waals surface area contributed by atoms with Crippen LogP contribution in [0, 0.1) is 5.82 Å². The molecular weight excluding hydrogens is 492 g/mol. The Morgan fingerprint density at radius 1 is 1.00 bits per heavy atom. The number of carbonyl (C=O) groups is 1. The number of hydrogen-bond donors (Lipinski definition) is 1. The first-order chi connectivity index (χ1) is 17.7. The van der Waals surface area contributed by atoms with Gasteiger partial charge in [0.15, 0.2) is 22.9 Å². The number of nitrogens with zero attached hydrogens (tertiary/aromatic N) is 5. The molecule has 12 heteroatoms. The summed E-state index contributed by atoms with van der Waals surface area (Å²) in [6, 6.07) is 15.8. The number of rotatable bonds is 6. The molecule has 5 rings (SSSR count). The third kappa shape index (κ3) is 5.13. The standard InChI is InChI=1S/C25H18F4N6O2/c1-37-18-8-4-16(5-9-18)19-12-21(25(27,28)29)35-23(30-19)13-20(32-35)24(36)31-22-10-11-34(33-22)14-15-2-6-17(26)7-3-15/h2-13H,14H2,1H3,(H,31,33,36). The Morgan fingerprint density at radius 2 is 1.73 bits per heavy atom. The van der Waals surface area contributed by atoms with Crippen molar-refractivity contribution in [3.05, 3.63) is 95.7 Å². The van der Waals surface area contributed by atoms with Gasteiger partial charge in [-0.1, -0.05) is 12.1 Å². The van der Waals surface area contributed by atoms with Gasteiger partial charge >= 0.3 is 6.18 Å². The van der Waals surface area contributed by atoms with E-state index in [9.17, 15) is 22.4 Å². The molecule has 1 N–H and O–H groups in total. The lowest BCUT2D eigenvalue weighted by Crippen LogP contribution is -2.16. The molecular formula is C25H18F4N6O2. The van der Waals surface area contributed by atoms with Crippen molar-refractivity contribution in [3.63, 3.8) is 0 Å². The lowest BCUT2D eigenvalue weighted by molar-refractivity contribution is -0.142. The van der Waals surface area contributed by atoms with E-state index in [2.05, 4.69) is 20.5 Å². The van der Waals surface area contributed by atoms with Crippen molar-refractivity contribution < 1.29 is 27.1 Å². The highest BCUT2D eigenvalue weighted by Crippen LogP contribution is 2.32. The minimum Gasteiger partial charge on any atom is -0.497 e. The summed E-state index contributed by atoms with van der Waals surface area (Å²) in [6.45, 7) is 0.331. The molecule has 5 aromatic rings. The molecule has 0 saturated heterocycles. The first-order valence-corrected chi connectivity index (χ1v) is 10.9. The Hall–Kier alpha value is -4.74. The molecule has 0 saturated carbocycles. The minimum absolute atomic E-state index is 0.0638. The van der Waals surface area contributed by atoms with Crippen molar-refractivity contribution in [2.45, 2.75) is 12.7 Å². The van der Waals surface area contributed by atoms with Crippen LogP contribution >= 0.6 is 0 Å². The molecule has 2 aromatic carbocycles. The van der Waals surface area contributed by atoms with Crippen LogP contribution in [0.4, 0.5) is 23.4 Å². The second-order valence-electron chi connectivity index (χ2n) is 8.03. The van der Waals surface area contributed by atoms with E-state index >= 15 is 0 Å². The van der Waals surface area contributed by atoms with Gasteiger partial charge in [-0.05, 0) is 48.0 Å². The SMILES string of the molecule is COc1ccc(-c2cc(C(F)(F)F)n3nc(C(=O)Nc4ccn(Cc5ccc(F)cc5)n4)cc3n2)cc1. The number of ether oxygens (including phenoxy) is 1. The number of halogens is 4. The first-order valence-electron chi connectivity index (χ1n) is 10.9. The highest BCUT2D eigenvalue weighted by molar-refractivity contribution is 6.03. The molecule has 37 heavy (non-hydrogen) atoms. The highest BCUT2D eigenvalue weighted by atomic mass is 19.4. The summed E-state index contributed by atoms with van der Waals surface area (Å²) in [7, 11) is 1.48. The zero-order valence-electron chi connectivity index (χ0n) is 19.2. The lowest BCUT2D eigenvalue weighted by atomic mass is 10.1. The van der Waals surface area contributed by atoms with Crippen LogP contribution in [0.1, 0.15) is 21.7 Å². The topological polar surface area (TPSA) is 86.3 Å². The number of nitrogens with one attached hydrogen (secondary N) is 1. The number of methoxy groups -OCH3 is 1. The van der Waals surface area contributed by atoms with Gasteiger partial charge in [-0.2, -0.15) is 23.4 Å². The van der Waals surface area contributed by atoms with E-state index in [1.165, 1.54) is 36.1 Å². The maximum atomic E-state index is 13.9. The van der Waals surface area contributed by atoms with Crippen LogP contribution in [-0.2, 0) is 12.7 Å². The van der Waals surface area contributed by atoms with Crippen LogP contribution in [0.15, 0.2) is 72.9 Å². The molecule has 0 radical (unpaired) electrons. The summed E-state index contributed by atoms with van der Waals surface area (Å²) in [6.07, 6.45) is -3.14. The first kappa shape index (κ1) is 24.0. The molecule has 188 valence electrons. The maximum Gasteiger partial charge on any atom is 0.433 e. The Balaban J connectivity index is 1.41. The van der Waals surface area contributed by atoms with E-state index in [0.717, 1.165) is 11.6 Å². The van der Waals surface area contributed by atoms with Gasteiger partial charge < -0.3 is 10.1 Å². The van der Waals surface area contributed by atoms with E-state index in [4.69, 9.17) is 4.74 Å². The number of hydrogen-bond acceptors (Lipinski definition) is 5. The van der Waals surface area contributed by atoms with Crippen molar-refractivity contribution >= 4 is 17.4 Å². The van der Waals surface area contributed by atoms with Gasteiger partial charge in [-0.25, -0.2) is 13.9 Å². The number of carbonyl (C=O) groups excluding carboxylic acids is 1. The number of benzene rings is 2. The van der Waals surface area contributed by atoms with E-state index in [0.29, 0.717) is 22.4 Å². The predicted molar refractivity (Wildman–Crippen MR) is 126 cm³/mol. The lowest BCUT2D eigenvalue weighted by Gasteiger charge is -2.11. The summed E-state index contributed by atoms with van der Waals surface area (Å²) < 4.78 is 61.8. The molecule has 0 aliphatic rings. The zero-order chi connectivity index (χ0) is 26.2. The second-order valence-corrected chi connectivity index (χ2v) is 8.03. The fraction of sp³-hybridized carbons (Fsp3) is 0.120. The number of amides is 1. The van der Waals surface area contributed by atoms with Crippen molar-refractivity contribution in [2.24, 2.45) is 0 Å². The van der Waals surface area contributed by atoms with Gasteiger partial charge in [0.1, 0.15) is 11.6 Å². The van der Waals surface area contributed by atoms with Crippen LogP contribution in [0.25, 0.3) is 16.9 Å². The zero-order valence-corrected chi connectivity index (χ0v) is 19.2. The van der Waals surface area contributed by atoms with Crippen molar-refractivity contribution in [1.82, 2.24) is 24.4 Å². The molecule has 0 aliphatic carbocycles. The average molecular weight is 510 g/mol.